The predicted molar refractivity (Wildman–Crippen MR) is 81.3 cm³/mol. The molecule has 3 heterocycles. The number of aromatic nitrogens is 2. The Morgan fingerprint density at radius 1 is 1.27 bits per heavy atom. The number of likely N-dealkylation sites (tertiary alicyclic amines) is 2. The number of nitrogens with zero attached hydrogens (tertiary/aromatic N) is 4. The summed E-state index contributed by atoms with van der Waals surface area (Å²) in [6.45, 7) is 6.25. The summed E-state index contributed by atoms with van der Waals surface area (Å²) in [7, 11) is 0. The van der Waals surface area contributed by atoms with Crippen molar-refractivity contribution in [2.75, 3.05) is 26.2 Å². The molecule has 2 amide bonds. The van der Waals surface area contributed by atoms with E-state index in [4.69, 9.17) is 0 Å². The highest BCUT2D eigenvalue weighted by atomic mass is 16.2. The molecule has 118 valence electrons. The molecular formula is C16H22N4O2. The largest absolute Gasteiger partial charge is 0.340 e. The number of carbonyl (C=O) groups excluding carboxylic acids is 2. The lowest BCUT2D eigenvalue weighted by atomic mass is 10.1. The maximum Gasteiger partial charge on any atom is 0.242 e. The van der Waals surface area contributed by atoms with Crippen LogP contribution in [0.2, 0.25) is 0 Å². The molecule has 1 atom stereocenters. The van der Waals surface area contributed by atoms with Gasteiger partial charge in [0, 0.05) is 43.4 Å². The fraction of sp³-hybridized carbons (Fsp3) is 0.625. The highest BCUT2D eigenvalue weighted by Gasteiger charge is 2.31. The van der Waals surface area contributed by atoms with Crippen LogP contribution in [0.4, 0.5) is 0 Å². The van der Waals surface area contributed by atoms with Crippen LogP contribution in [0.15, 0.2) is 6.07 Å². The quantitative estimate of drug-likeness (QED) is 0.836. The number of hydrogen-bond donors (Lipinski definition) is 0. The van der Waals surface area contributed by atoms with E-state index < -0.39 is 0 Å². The lowest BCUT2D eigenvalue weighted by Crippen LogP contribution is -2.39. The van der Waals surface area contributed by atoms with Crippen molar-refractivity contribution in [1.29, 1.82) is 0 Å². The molecule has 1 unspecified atom stereocenters. The van der Waals surface area contributed by atoms with Crippen LogP contribution in [-0.4, -0.2) is 57.8 Å². The molecule has 0 spiro atoms. The van der Waals surface area contributed by atoms with Crippen LogP contribution in [0.1, 0.15) is 42.4 Å². The molecule has 3 rings (SSSR count). The van der Waals surface area contributed by atoms with Gasteiger partial charge in [-0.2, -0.15) is 0 Å². The van der Waals surface area contributed by atoms with Crippen LogP contribution in [0.5, 0.6) is 0 Å². The van der Waals surface area contributed by atoms with Crippen molar-refractivity contribution in [1.82, 2.24) is 19.8 Å². The SMILES string of the molecule is Cc1cc(C)nc(C2CCN(C(=O)CN3CCCC3=O)C2)n1. The average molecular weight is 302 g/mol. The summed E-state index contributed by atoms with van der Waals surface area (Å²) < 4.78 is 0. The van der Waals surface area contributed by atoms with Gasteiger partial charge in [0.05, 0.1) is 6.54 Å². The second kappa shape index (κ2) is 6.02. The molecule has 2 saturated heterocycles. The van der Waals surface area contributed by atoms with Gasteiger partial charge >= 0.3 is 0 Å². The zero-order valence-corrected chi connectivity index (χ0v) is 13.2. The smallest absolute Gasteiger partial charge is 0.242 e. The number of aryl methyl sites for hydroxylation is 2. The highest BCUT2D eigenvalue weighted by Crippen LogP contribution is 2.25. The zero-order chi connectivity index (χ0) is 15.7. The Hall–Kier alpha value is -1.98. The number of hydrogen-bond acceptors (Lipinski definition) is 4. The van der Waals surface area contributed by atoms with Crippen molar-refractivity contribution in [3.63, 3.8) is 0 Å². The molecule has 0 radical (unpaired) electrons. The van der Waals surface area contributed by atoms with Gasteiger partial charge in [-0.3, -0.25) is 9.59 Å². The van der Waals surface area contributed by atoms with Crippen LogP contribution in [0, 0.1) is 13.8 Å². The Bertz CT molecular complexity index is 582. The van der Waals surface area contributed by atoms with Gasteiger partial charge in [-0.05, 0) is 32.8 Å². The minimum absolute atomic E-state index is 0.0436. The van der Waals surface area contributed by atoms with Crippen molar-refractivity contribution in [3.8, 4) is 0 Å². The molecule has 22 heavy (non-hydrogen) atoms. The first kappa shape index (κ1) is 14.9. The summed E-state index contributed by atoms with van der Waals surface area (Å²) in [5, 5.41) is 0. The third-order valence-corrected chi connectivity index (χ3v) is 4.40. The Morgan fingerprint density at radius 2 is 2.00 bits per heavy atom. The number of rotatable bonds is 3. The Kier molecular flexibility index (Phi) is 4.09. The molecule has 0 aromatic carbocycles. The maximum absolute atomic E-state index is 12.3. The molecule has 2 aliphatic rings. The van der Waals surface area contributed by atoms with Gasteiger partial charge in [-0.15, -0.1) is 0 Å². The van der Waals surface area contributed by atoms with Crippen molar-refractivity contribution < 1.29 is 9.59 Å². The fourth-order valence-electron chi connectivity index (χ4n) is 3.27. The van der Waals surface area contributed by atoms with Crippen LogP contribution in [0.25, 0.3) is 0 Å². The topological polar surface area (TPSA) is 66.4 Å². The fourth-order valence-corrected chi connectivity index (χ4v) is 3.27. The summed E-state index contributed by atoms with van der Waals surface area (Å²) in [4.78, 5) is 36.5. The van der Waals surface area contributed by atoms with Gasteiger partial charge < -0.3 is 9.80 Å². The molecule has 0 N–H and O–H groups in total. The van der Waals surface area contributed by atoms with Crippen molar-refractivity contribution >= 4 is 11.8 Å². The van der Waals surface area contributed by atoms with E-state index in [0.717, 1.165) is 36.6 Å². The molecule has 6 heteroatoms. The maximum atomic E-state index is 12.3. The van der Waals surface area contributed by atoms with Gasteiger partial charge in [0.15, 0.2) is 0 Å². The summed E-state index contributed by atoms with van der Waals surface area (Å²) in [6.07, 6.45) is 2.33. The average Bonchev–Trinajstić information content (AvgIpc) is 3.08. The molecule has 0 aliphatic carbocycles. The number of amides is 2. The van der Waals surface area contributed by atoms with E-state index in [-0.39, 0.29) is 24.3 Å². The normalized spacial score (nSPS) is 21.7. The predicted octanol–water partition coefficient (Wildman–Crippen LogP) is 1.03. The van der Waals surface area contributed by atoms with Crippen LogP contribution in [0.3, 0.4) is 0 Å². The molecule has 0 saturated carbocycles. The van der Waals surface area contributed by atoms with Gasteiger partial charge in [-0.1, -0.05) is 0 Å². The molecular weight excluding hydrogens is 280 g/mol. The Morgan fingerprint density at radius 3 is 2.64 bits per heavy atom. The van der Waals surface area contributed by atoms with E-state index in [1.54, 1.807) is 4.90 Å². The van der Waals surface area contributed by atoms with E-state index in [9.17, 15) is 9.59 Å². The summed E-state index contributed by atoms with van der Waals surface area (Å²) in [5.74, 6) is 1.19. The van der Waals surface area contributed by atoms with E-state index in [1.807, 2.05) is 24.8 Å². The second-order valence-corrected chi connectivity index (χ2v) is 6.25. The summed E-state index contributed by atoms with van der Waals surface area (Å²) in [5.41, 5.74) is 1.94. The second-order valence-electron chi connectivity index (χ2n) is 6.25. The lowest BCUT2D eigenvalue weighted by Gasteiger charge is -2.21. The van der Waals surface area contributed by atoms with Crippen LogP contribution < -0.4 is 0 Å². The van der Waals surface area contributed by atoms with Gasteiger partial charge in [0.2, 0.25) is 11.8 Å². The first-order valence-corrected chi connectivity index (χ1v) is 7.90. The molecule has 6 nitrogen and oxygen atoms in total. The Labute approximate surface area is 130 Å². The van der Waals surface area contributed by atoms with Crippen molar-refractivity contribution in [3.05, 3.63) is 23.3 Å². The van der Waals surface area contributed by atoms with E-state index in [1.165, 1.54) is 0 Å². The number of carbonyl (C=O) groups is 2. The minimum Gasteiger partial charge on any atom is -0.340 e. The van der Waals surface area contributed by atoms with E-state index in [0.29, 0.717) is 19.5 Å². The molecule has 1 aromatic rings. The third-order valence-electron chi connectivity index (χ3n) is 4.40. The van der Waals surface area contributed by atoms with Crippen molar-refractivity contribution in [2.45, 2.75) is 39.0 Å². The van der Waals surface area contributed by atoms with Gasteiger partial charge in [0.25, 0.3) is 0 Å². The Balaban J connectivity index is 1.61. The van der Waals surface area contributed by atoms with E-state index in [2.05, 4.69) is 9.97 Å². The summed E-state index contributed by atoms with van der Waals surface area (Å²) in [6, 6.07) is 1.96. The highest BCUT2D eigenvalue weighted by molar-refractivity contribution is 5.86. The monoisotopic (exact) mass is 302 g/mol. The van der Waals surface area contributed by atoms with Crippen molar-refractivity contribution in [2.24, 2.45) is 0 Å². The van der Waals surface area contributed by atoms with E-state index >= 15 is 0 Å². The van der Waals surface area contributed by atoms with Gasteiger partial charge in [-0.25, -0.2) is 9.97 Å². The lowest BCUT2D eigenvalue weighted by molar-refractivity contribution is -0.137. The standard InChI is InChI=1S/C16H22N4O2/c1-11-8-12(2)18-16(17-11)13-5-7-20(9-13)15(22)10-19-6-3-4-14(19)21/h8,13H,3-7,9-10H2,1-2H3. The third kappa shape index (κ3) is 3.10. The van der Waals surface area contributed by atoms with Crippen LogP contribution in [-0.2, 0) is 9.59 Å². The van der Waals surface area contributed by atoms with Gasteiger partial charge in [0.1, 0.15) is 5.82 Å². The van der Waals surface area contributed by atoms with Crippen LogP contribution >= 0.6 is 0 Å². The first-order valence-electron chi connectivity index (χ1n) is 7.90. The molecule has 1 aromatic heterocycles. The molecule has 0 bridgehead atoms. The minimum atomic E-state index is 0.0436. The summed E-state index contributed by atoms with van der Waals surface area (Å²) >= 11 is 0. The molecule has 2 aliphatic heterocycles. The zero-order valence-electron chi connectivity index (χ0n) is 13.2. The molecule has 2 fully saturated rings. The first-order chi connectivity index (χ1) is 10.5.